The monoisotopic (exact) mass is 288 g/mol. The zero-order valence-corrected chi connectivity index (χ0v) is 13.2. The van der Waals surface area contributed by atoms with E-state index in [4.69, 9.17) is 0 Å². The van der Waals surface area contributed by atoms with Gasteiger partial charge in [-0.2, -0.15) is 0 Å². The molecule has 3 heteroatoms. The van der Waals surface area contributed by atoms with Crippen LogP contribution < -0.4 is 5.32 Å². The van der Waals surface area contributed by atoms with E-state index < -0.39 is 0 Å². The highest BCUT2D eigenvalue weighted by atomic mass is 16.1. The predicted octanol–water partition coefficient (Wildman–Crippen LogP) is 3.84. The Bertz CT molecular complexity index is 421. The maximum Gasteiger partial charge on any atom is 0.224 e. The topological polar surface area (TPSA) is 32.3 Å². The van der Waals surface area contributed by atoms with E-state index in [9.17, 15) is 4.79 Å². The quantitative estimate of drug-likeness (QED) is 0.788. The molecule has 116 valence electrons. The van der Waals surface area contributed by atoms with Crippen LogP contribution in [0, 0.1) is 0 Å². The van der Waals surface area contributed by atoms with Crippen molar-refractivity contribution in [2.45, 2.75) is 51.9 Å². The zero-order chi connectivity index (χ0) is 14.9. The van der Waals surface area contributed by atoms with Crippen LogP contribution in [0.25, 0.3) is 0 Å². The summed E-state index contributed by atoms with van der Waals surface area (Å²) < 4.78 is 0. The summed E-state index contributed by atoms with van der Waals surface area (Å²) in [7, 11) is 0. The number of rotatable bonds is 8. The van der Waals surface area contributed by atoms with E-state index in [1.54, 1.807) is 0 Å². The fourth-order valence-electron chi connectivity index (χ4n) is 2.83. The van der Waals surface area contributed by atoms with Crippen LogP contribution in [0.3, 0.4) is 0 Å². The molecule has 1 fully saturated rings. The van der Waals surface area contributed by atoms with E-state index in [-0.39, 0.29) is 5.91 Å². The third kappa shape index (κ3) is 5.88. The van der Waals surface area contributed by atoms with Crippen molar-refractivity contribution in [3.05, 3.63) is 29.8 Å². The molecule has 0 atom stereocenters. The summed E-state index contributed by atoms with van der Waals surface area (Å²) in [6.45, 7) is 5.88. The van der Waals surface area contributed by atoms with Gasteiger partial charge in [0, 0.05) is 12.1 Å². The summed E-state index contributed by atoms with van der Waals surface area (Å²) in [5, 5.41) is 2.96. The van der Waals surface area contributed by atoms with Gasteiger partial charge in [0.1, 0.15) is 0 Å². The molecule has 0 unspecified atom stereocenters. The maximum atomic E-state index is 11.7. The van der Waals surface area contributed by atoms with Crippen molar-refractivity contribution < 1.29 is 4.79 Å². The fraction of sp³-hybridized carbons (Fsp3) is 0.611. The molecule has 1 aromatic rings. The number of aryl methyl sites for hydroxylation is 1. The summed E-state index contributed by atoms with van der Waals surface area (Å²) in [5.41, 5.74) is 2.28. The highest BCUT2D eigenvalue weighted by molar-refractivity contribution is 5.90. The lowest BCUT2D eigenvalue weighted by atomic mass is 10.1. The number of hydrogen-bond donors (Lipinski definition) is 1. The number of likely N-dealkylation sites (tertiary alicyclic amines) is 1. The molecular weight excluding hydrogens is 260 g/mol. The van der Waals surface area contributed by atoms with Crippen molar-refractivity contribution in [2.75, 3.05) is 25.0 Å². The summed E-state index contributed by atoms with van der Waals surface area (Å²) in [6, 6.07) is 8.32. The third-order valence-electron chi connectivity index (χ3n) is 4.13. The Morgan fingerprint density at radius 3 is 2.52 bits per heavy atom. The lowest BCUT2D eigenvalue weighted by Crippen LogP contribution is -2.20. The van der Waals surface area contributed by atoms with E-state index in [0.717, 1.165) is 24.9 Å². The smallest absolute Gasteiger partial charge is 0.224 e. The molecule has 0 aromatic heterocycles. The Balaban J connectivity index is 1.69. The lowest BCUT2D eigenvalue weighted by Gasteiger charge is -2.14. The molecule has 2 rings (SSSR count). The van der Waals surface area contributed by atoms with Crippen molar-refractivity contribution in [2.24, 2.45) is 0 Å². The molecule has 1 aliphatic rings. The first-order valence-electron chi connectivity index (χ1n) is 8.39. The van der Waals surface area contributed by atoms with Crippen LogP contribution in [0.2, 0.25) is 0 Å². The van der Waals surface area contributed by atoms with Gasteiger partial charge in [0.25, 0.3) is 0 Å². The Hall–Kier alpha value is -1.35. The summed E-state index contributed by atoms with van der Waals surface area (Å²) in [5.74, 6) is 0.124. The number of benzene rings is 1. The average Bonchev–Trinajstić information content (AvgIpc) is 3.00. The molecule has 0 spiro atoms. The van der Waals surface area contributed by atoms with Crippen LogP contribution in [0.5, 0.6) is 0 Å². The van der Waals surface area contributed by atoms with Gasteiger partial charge in [0.2, 0.25) is 5.91 Å². The zero-order valence-electron chi connectivity index (χ0n) is 13.2. The molecule has 1 aromatic carbocycles. The minimum Gasteiger partial charge on any atom is -0.326 e. The number of anilines is 1. The van der Waals surface area contributed by atoms with E-state index in [0.29, 0.717) is 6.42 Å². The molecule has 1 saturated heterocycles. The molecule has 0 bridgehead atoms. The van der Waals surface area contributed by atoms with Gasteiger partial charge in [-0.3, -0.25) is 4.79 Å². The van der Waals surface area contributed by atoms with Gasteiger partial charge in [-0.1, -0.05) is 25.5 Å². The van der Waals surface area contributed by atoms with Crippen LogP contribution in [0.4, 0.5) is 5.69 Å². The third-order valence-corrected chi connectivity index (χ3v) is 4.13. The number of nitrogens with one attached hydrogen (secondary N) is 1. The largest absolute Gasteiger partial charge is 0.326 e. The number of amides is 1. The van der Waals surface area contributed by atoms with Crippen molar-refractivity contribution in [1.29, 1.82) is 0 Å². The van der Waals surface area contributed by atoms with Gasteiger partial charge >= 0.3 is 0 Å². The number of unbranched alkanes of at least 4 members (excludes halogenated alkanes) is 1. The van der Waals surface area contributed by atoms with E-state index in [1.807, 2.05) is 12.1 Å². The molecule has 1 N–H and O–H groups in total. The van der Waals surface area contributed by atoms with Crippen LogP contribution in [-0.4, -0.2) is 30.4 Å². The molecule has 1 amide bonds. The van der Waals surface area contributed by atoms with Crippen molar-refractivity contribution in [3.8, 4) is 0 Å². The van der Waals surface area contributed by atoms with Crippen LogP contribution in [-0.2, 0) is 11.2 Å². The Labute approximate surface area is 128 Å². The standard InChI is InChI=1S/C18H28N2O/c1-2-3-8-18(21)19-17-11-9-16(10-12-17)7-6-15-20-13-4-5-14-20/h9-12H,2-8,13-15H2,1H3,(H,19,21). The molecule has 3 nitrogen and oxygen atoms in total. The van der Waals surface area contributed by atoms with Crippen molar-refractivity contribution in [1.82, 2.24) is 4.90 Å². The summed E-state index contributed by atoms with van der Waals surface area (Å²) in [6.07, 6.45) is 7.72. The van der Waals surface area contributed by atoms with Crippen LogP contribution >= 0.6 is 0 Å². The highest BCUT2D eigenvalue weighted by Crippen LogP contribution is 2.13. The van der Waals surface area contributed by atoms with E-state index in [2.05, 4.69) is 29.3 Å². The molecule has 1 heterocycles. The first-order chi connectivity index (χ1) is 10.3. The lowest BCUT2D eigenvalue weighted by molar-refractivity contribution is -0.116. The van der Waals surface area contributed by atoms with E-state index >= 15 is 0 Å². The highest BCUT2D eigenvalue weighted by Gasteiger charge is 2.10. The second-order valence-electron chi connectivity index (χ2n) is 6.00. The normalized spacial score (nSPS) is 15.3. The summed E-state index contributed by atoms with van der Waals surface area (Å²) in [4.78, 5) is 14.2. The fourth-order valence-corrected chi connectivity index (χ4v) is 2.83. The molecule has 0 saturated carbocycles. The number of carbonyl (C=O) groups is 1. The van der Waals surface area contributed by atoms with Crippen molar-refractivity contribution >= 4 is 11.6 Å². The second-order valence-corrected chi connectivity index (χ2v) is 6.00. The van der Waals surface area contributed by atoms with E-state index in [1.165, 1.54) is 44.5 Å². The number of nitrogens with zero attached hydrogens (tertiary/aromatic N) is 1. The van der Waals surface area contributed by atoms with Gasteiger partial charge in [-0.25, -0.2) is 0 Å². The average molecular weight is 288 g/mol. The Morgan fingerprint density at radius 2 is 1.86 bits per heavy atom. The Kier molecular flexibility index (Phi) is 6.74. The van der Waals surface area contributed by atoms with Crippen LogP contribution in [0.1, 0.15) is 51.0 Å². The first kappa shape index (κ1) is 16.0. The molecule has 1 aliphatic heterocycles. The summed E-state index contributed by atoms with van der Waals surface area (Å²) >= 11 is 0. The van der Waals surface area contributed by atoms with Crippen molar-refractivity contribution in [3.63, 3.8) is 0 Å². The van der Waals surface area contributed by atoms with Crippen LogP contribution in [0.15, 0.2) is 24.3 Å². The minimum absolute atomic E-state index is 0.124. The number of carbonyl (C=O) groups excluding carboxylic acids is 1. The van der Waals surface area contributed by atoms with Gasteiger partial charge in [0.15, 0.2) is 0 Å². The molecule has 0 radical (unpaired) electrons. The Morgan fingerprint density at radius 1 is 1.14 bits per heavy atom. The predicted molar refractivity (Wildman–Crippen MR) is 88.6 cm³/mol. The molecule has 0 aliphatic carbocycles. The first-order valence-corrected chi connectivity index (χ1v) is 8.39. The van der Waals surface area contributed by atoms with Gasteiger partial charge in [-0.15, -0.1) is 0 Å². The minimum atomic E-state index is 0.124. The van der Waals surface area contributed by atoms with Gasteiger partial charge < -0.3 is 10.2 Å². The second kappa shape index (κ2) is 8.83. The SMILES string of the molecule is CCCCC(=O)Nc1ccc(CCCN2CCCC2)cc1. The maximum absolute atomic E-state index is 11.7. The molecular formula is C18H28N2O. The van der Waals surface area contributed by atoms with Gasteiger partial charge in [-0.05, 0) is 69.4 Å². The number of hydrogen-bond acceptors (Lipinski definition) is 2. The van der Waals surface area contributed by atoms with Gasteiger partial charge in [0.05, 0.1) is 0 Å². The molecule has 21 heavy (non-hydrogen) atoms.